The van der Waals surface area contributed by atoms with Gasteiger partial charge in [0.2, 0.25) is 0 Å². The molecule has 0 bridgehead atoms. The van der Waals surface area contributed by atoms with E-state index in [4.69, 9.17) is 16.3 Å². The standard InChI is InChI=1S/C13H20ClNO/c1-10(2)11-4-5-12(9-15-7-6-14)13(8-11)16-3/h4-5,8,10,15H,6-7,9H2,1-3H3. The molecule has 0 amide bonds. The van der Waals surface area contributed by atoms with Crippen LogP contribution >= 0.6 is 11.6 Å². The number of alkyl halides is 1. The third kappa shape index (κ3) is 3.69. The maximum Gasteiger partial charge on any atom is 0.123 e. The Bertz CT molecular complexity index is 326. The lowest BCUT2D eigenvalue weighted by molar-refractivity contribution is 0.407. The topological polar surface area (TPSA) is 21.3 Å². The van der Waals surface area contributed by atoms with E-state index < -0.39 is 0 Å². The minimum atomic E-state index is 0.527. The van der Waals surface area contributed by atoms with Crippen molar-refractivity contribution in [2.45, 2.75) is 26.3 Å². The Kier molecular flexibility index (Phi) is 5.64. The Balaban J connectivity index is 2.76. The van der Waals surface area contributed by atoms with Crippen molar-refractivity contribution in [1.29, 1.82) is 0 Å². The van der Waals surface area contributed by atoms with Gasteiger partial charge in [0.15, 0.2) is 0 Å². The van der Waals surface area contributed by atoms with Crippen molar-refractivity contribution in [3.8, 4) is 5.75 Å². The molecule has 0 aliphatic rings. The Morgan fingerprint density at radius 1 is 1.38 bits per heavy atom. The van der Waals surface area contributed by atoms with Crippen molar-refractivity contribution < 1.29 is 4.74 Å². The van der Waals surface area contributed by atoms with Crippen molar-refractivity contribution in [3.63, 3.8) is 0 Å². The molecule has 0 aromatic heterocycles. The van der Waals surface area contributed by atoms with E-state index in [1.54, 1.807) is 7.11 Å². The van der Waals surface area contributed by atoms with Crippen LogP contribution in [-0.2, 0) is 6.54 Å². The number of rotatable bonds is 6. The van der Waals surface area contributed by atoms with Gasteiger partial charge in [-0.15, -0.1) is 11.6 Å². The molecule has 2 nitrogen and oxygen atoms in total. The van der Waals surface area contributed by atoms with Gasteiger partial charge < -0.3 is 10.1 Å². The number of benzene rings is 1. The van der Waals surface area contributed by atoms with E-state index in [1.807, 2.05) is 0 Å². The van der Waals surface area contributed by atoms with Gasteiger partial charge in [-0.1, -0.05) is 26.0 Å². The maximum absolute atomic E-state index is 5.61. The maximum atomic E-state index is 5.61. The highest BCUT2D eigenvalue weighted by atomic mass is 35.5. The number of ether oxygens (including phenoxy) is 1. The molecule has 0 aliphatic heterocycles. The molecule has 0 heterocycles. The molecule has 1 rings (SSSR count). The summed E-state index contributed by atoms with van der Waals surface area (Å²) in [4.78, 5) is 0. The molecule has 0 unspecified atom stereocenters. The summed E-state index contributed by atoms with van der Waals surface area (Å²) in [5, 5.41) is 3.26. The fraction of sp³-hybridized carbons (Fsp3) is 0.538. The zero-order valence-corrected chi connectivity index (χ0v) is 11.0. The van der Waals surface area contributed by atoms with Crippen LogP contribution in [0.4, 0.5) is 0 Å². The van der Waals surface area contributed by atoms with Gasteiger partial charge in [0.25, 0.3) is 0 Å². The van der Waals surface area contributed by atoms with Crippen LogP contribution < -0.4 is 10.1 Å². The zero-order chi connectivity index (χ0) is 12.0. The number of halogens is 1. The van der Waals surface area contributed by atoms with Crippen LogP contribution in [0.25, 0.3) is 0 Å². The van der Waals surface area contributed by atoms with Crippen LogP contribution in [-0.4, -0.2) is 19.5 Å². The lowest BCUT2D eigenvalue weighted by Crippen LogP contribution is -2.16. The monoisotopic (exact) mass is 241 g/mol. The SMILES string of the molecule is COc1cc(C(C)C)ccc1CNCCCl. The van der Waals surface area contributed by atoms with Crippen molar-refractivity contribution in [3.05, 3.63) is 29.3 Å². The number of hydrogen-bond acceptors (Lipinski definition) is 2. The summed E-state index contributed by atoms with van der Waals surface area (Å²) in [7, 11) is 1.71. The lowest BCUT2D eigenvalue weighted by Gasteiger charge is -2.13. The minimum absolute atomic E-state index is 0.527. The number of hydrogen-bond donors (Lipinski definition) is 1. The first-order valence-electron chi connectivity index (χ1n) is 5.62. The quantitative estimate of drug-likeness (QED) is 0.610. The number of nitrogens with one attached hydrogen (secondary N) is 1. The summed E-state index contributed by atoms with van der Waals surface area (Å²) in [6, 6.07) is 6.39. The summed E-state index contributed by atoms with van der Waals surface area (Å²) in [6.07, 6.45) is 0. The van der Waals surface area contributed by atoms with Gasteiger partial charge in [-0.05, 0) is 17.5 Å². The highest BCUT2D eigenvalue weighted by Crippen LogP contribution is 2.24. The molecule has 0 atom stereocenters. The summed E-state index contributed by atoms with van der Waals surface area (Å²) in [5.41, 5.74) is 2.48. The second kappa shape index (κ2) is 6.77. The Labute approximate surface area is 103 Å². The van der Waals surface area contributed by atoms with E-state index in [1.165, 1.54) is 11.1 Å². The van der Waals surface area contributed by atoms with Crippen molar-refractivity contribution in [2.75, 3.05) is 19.5 Å². The van der Waals surface area contributed by atoms with Crippen LogP contribution in [0.5, 0.6) is 5.75 Å². The van der Waals surface area contributed by atoms with Crippen LogP contribution in [0.15, 0.2) is 18.2 Å². The van der Waals surface area contributed by atoms with E-state index in [0.29, 0.717) is 11.8 Å². The highest BCUT2D eigenvalue weighted by Gasteiger charge is 2.06. The molecule has 1 N–H and O–H groups in total. The first kappa shape index (κ1) is 13.3. The number of methoxy groups -OCH3 is 1. The molecule has 0 aliphatic carbocycles. The Morgan fingerprint density at radius 2 is 2.12 bits per heavy atom. The summed E-state index contributed by atoms with van der Waals surface area (Å²) < 4.78 is 5.39. The van der Waals surface area contributed by atoms with Gasteiger partial charge >= 0.3 is 0 Å². The van der Waals surface area contributed by atoms with Gasteiger partial charge in [-0.3, -0.25) is 0 Å². The Hall–Kier alpha value is -0.730. The van der Waals surface area contributed by atoms with E-state index in [2.05, 4.69) is 37.4 Å². The molecule has 1 aromatic carbocycles. The van der Waals surface area contributed by atoms with E-state index in [-0.39, 0.29) is 0 Å². The predicted octanol–water partition coefficient (Wildman–Crippen LogP) is 3.15. The first-order valence-corrected chi connectivity index (χ1v) is 6.16. The smallest absolute Gasteiger partial charge is 0.123 e. The summed E-state index contributed by atoms with van der Waals surface area (Å²) in [6.45, 7) is 5.98. The fourth-order valence-corrected chi connectivity index (χ4v) is 1.69. The first-order chi connectivity index (χ1) is 7.69. The van der Waals surface area contributed by atoms with Gasteiger partial charge in [-0.2, -0.15) is 0 Å². The van der Waals surface area contributed by atoms with Gasteiger partial charge in [0.1, 0.15) is 5.75 Å². The molecule has 0 radical (unpaired) electrons. The molecule has 16 heavy (non-hydrogen) atoms. The molecule has 1 aromatic rings. The molecule has 0 fully saturated rings. The van der Waals surface area contributed by atoms with Crippen LogP contribution in [0.3, 0.4) is 0 Å². The van der Waals surface area contributed by atoms with Crippen LogP contribution in [0, 0.1) is 0 Å². The van der Waals surface area contributed by atoms with Crippen molar-refractivity contribution >= 4 is 11.6 Å². The molecular formula is C13H20ClNO. The van der Waals surface area contributed by atoms with Crippen molar-refractivity contribution in [2.24, 2.45) is 0 Å². The molecular weight excluding hydrogens is 222 g/mol. The predicted molar refractivity (Wildman–Crippen MR) is 69.5 cm³/mol. The fourth-order valence-electron chi connectivity index (χ4n) is 1.56. The summed E-state index contributed by atoms with van der Waals surface area (Å²) in [5.74, 6) is 2.11. The van der Waals surface area contributed by atoms with Crippen LogP contribution in [0.1, 0.15) is 30.9 Å². The molecule has 0 saturated heterocycles. The van der Waals surface area contributed by atoms with Gasteiger partial charge in [-0.25, -0.2) is 0 Å². The van der Waals surface area contributed by atoms with Crippen LogP contribution in [0.2, 0.25) is 0 Å². The third-order valence-electron chi connectivity index (χ3n) is 2.56. The minimum Gasteiger partial charge on any atom is -0.496 e. The van der Waals surface area contributed by atoms with E-state index in [0.717, 1.165) is 18.8 Å². The van der Waals surface area contributed by atoms with E-state index >= 15 is 0 Å². The lowest BCUT2D eigenvalue weighted by atomic mass is 10.0. The largest absolute Gasteiger partial charge is 0.496 e. The molecule has 3 heteroatoms. The summed E-state index contributed by atoms with van der Waals surface area (Å²) >= 11 is 5.61. The molecule has 90 valence electrons. The average Bonchev–Trinajstić information content (AvgIpc) is 2.29. The average molecular weight is 242 g/mol. The normalized spacial score (nSPS) is 10.8. The third-order valence-corrected chi connectivity index (χ3v) is 2.75. The van der Waals surface area contributed by atoms with Gasteiger partial charge in [0, 0.05) is 24.5 Å². The second-order valence-corrected chi connectivity index (χ2v) is 4.47. The van der Waals surface area contributed by atoms with Gasteiger partial charge in [0.05, 0.1) is 7.11 Å². The highest BCUT2D eigenvalue weighted by molar-refractivity contribution is 6.18. The molecule has 0 saturated carbocycles. The zero-order valence-electron chi connectivity index (χ0n) is 10.2. The van der Waals surface area contributed by atoms with E-state index in [9.17, 15) is 0 Å². The second-order valence-electron chi connectivity index (χ2n) is 4.09. The Morgan fingerprint density at radius 3 is 2.69 bits per heavy atom. The molecule has 0 spiro atoms. The van der Waals surface area contributed by atoms with Crippen molar-refractivity contribution in [1.82, 2.24) is 5.32 Å².